The number of nitrogens with one attached hydrogen (secondary N) is 1. The van der Waals surface area contributed by atoms with E-state index >= 15 is 0 Å². The maximum Gasteiger partial charge on any atom is 0.301 e. The van der Waals surface area contributed by atoms with Crippen molar-refractivity contribution in [3.8, 4) is 0 Å². The van der Waals surface area contributed by atoms with Crippen LogP contribution in [-0.4, -0.2) is 25.8 Å². The van der Waals surface area contributed by atoms with Crippen molar-refractivity contribution >= 4 is 15.9 Å². The molecule has 1 saturated heterocycles. The molecule has 1 N–H and O–H groups in total. The zero-order chi connectivity index (χ0) is 11.1. The Morgan fingerprint density at radius 1 is 1.20 bits per heavy atom. The van der Waals surface area contributed by atoms with Gasteiger partial charge in [-0.1, -0.05) is 0 Å². The van der Waals surface area contributed by atoms with Gasteiger partial charge in [0.05, 0.1) is 5.69 Å². The summed E-state index contributed by atoms with van der Waals surface area (Å²) in [5, 5.41) is 0. The summed E-state index contributed by atoms with van der Waals surface area (Å²) in [5.41, 5.74) is 0.0146. The molecule has 0 atom stereocenters. The molecule has 1 aliphatic heterocycles. The highest BCUT2D eigenvalue weighted by Crippen LogP contribution is 2.18. The van der Waals surface area contributed by atoms with Crippen molar-refractivity contribution in [3.63, 3.8) is 0 Å². The monoisotopic (exact) mass is 234 g/mol. The summed E-state index contributed by atoms with van der Waals surface area (Å²) in [7, 11) is -3.58. The molecule has 0 radical (unpaired) electrons. The number of hydrogen-bond donors (Lipinski definition) is 1. The van der Waals surface area contributed by atoms with Crippen molar-refractivity contribution in [3.05, 3.63) is 29.8 Å². The average Bonchev–Trinajstić information content (AvgIpc) is 2.93. The molecule has 82 valence electrons. The van der Waals surface area contributed by atoms with Crippen LogP contribution in [0.2, 0.25) is 0 Å². The molecule has 0 unspecified atom stereocenters. The maximum atomic E-state index is 12.7. The zero-order valence-electron chi connectivity index (χ0n) is 7.57. The molecule has 0 aliphatic carbocycles. The molecular formula is C8H8F2N2O2S. The Morgan fingerprint density at radius 2 is 1.87 bits per heavy atom. The molecule has 1 fully saturated rings. The predicted molar refractivity (Wildman–Crippen MR) is 50.5 cm³/mol. The SMILES string of the molecule is O=S(=O)(Nc1ccc(F)c(F)c1)N1CC1. The van der Waals surface area contributed by atoms with Crippen molar-refractivity contribution in [1.82, 2.24) is 4.31 Å². The summed E-state index contributed by atoms with van der Waals surface area (Å²) in [6.45, 7) is 0.915. The third kappa shape index (κ3) is 2.24. The lowest BCUT2D eigenvalue weighted by Crippen LogP contribution is -2.20. The lowest BCUT2D eigenvalue weighted by atomic mass is 10.3. The number of rotatable bonds is 3. The van der Waals surface area contributed by atoms with Gasteiger partial charge in [-0.25, -0.2) is 8.78 Å². The van der Waals surface area contributed by atoms with Crippen molar-refractivity contribution in [2.75, 3.05) is 17.8 Å². The molecule has 15 heavy (non-hydrogen) atoms. The Hall–Kier alpha value is -1.21. The molecule has 7 heteroatoms. The van der Waals surface area contributed by atoms with Crippen LogP contribution < -0.4 is 4.72 Å². The zero-order valence-corrected chi connectivity index (χ0v) is 8.39. The van der Waals surface area contributed by atoms with Crippen LogP contribution in [0.3, 0.4) is 0 Å². The van der Waals surface area contributed by atoms with Gasteiger partial charge in [-0.3, -0.25) is 4.72 Å². The van der Waals surface area contributed by atoms with E-state index < -0.39 is 21.8 Å². The normalized spacial score (nSPS) is 16.4. The van der Waals surface area contributed by atoms with E-state index in [1.54, 1.807) is 0 Å². The molecule has 1 aliphatic rings. The van der Waals surface area contributed by atoms with Crippen molar-refractivity contribution in [1.29, 1.82) is 0 Å². The second-order valence-corrected chi connectivity index (χ2v) is 4.81. The van der Waals surface area contributed by atoms with E-state index in [1.165, 1.54) is 10.4 Å². The summed E-state index contributed by atoms with van der Waals surface area (Å²) in [6.07, 6.45) is 0. The third-order valence-corrected chi connectivity index (χ3v) is 3.45. The Morgan fingerprint density at radius 3 is 2.40 bits per heavy atom. The van der Waals surface area contributed by atoms with Gasteiger partial charge in [-0.2, -0.15) is 12.7 Å². The number of anilines is 1. The van der Waals surface area contributed by atoms with Gasteiger partial charge in [0.15, 0.2) is 11.6 Å². The van der Waals surface area contributed by atoms with E-state index in [-0.39, 0.29) is 5.69 Å². The minimum absolute atomic E-state index is 0.0146. The second-order valence-electron chi connectivity index (χ2n) is 3.14. The van der Waals surface area contributed by atoms with E-state index in [0.717, 1.165) is 12.1 Å². The van der Waals surface area contributed by atoms with Crippen LogP contribution >= 0.6 is 0 Å². The van der Waals surface area contributed by atoms with Crippen molar-refractivity contribution in [2.24, 2.45) is 0 Å². The highest BCUT2D eigenvalue weighted by atomic mass is 32.2. The summed E-state index contributed by atoms with van der Waals surface area (Å²) in [4.78, 5) is 0. The van der Waals surface area contributed by atoms with Gasteiger partial charge in [0, 0.05) is 19.2 Å². The molecule has 0 amide bonds. The third-order valence-electron chi connectivity index (χ3n) is 1.91. The molecule has 0 bridgehead atoms. The fourth-order valence-corrected chi connectivity index (χ4v) is 2.17. The first kappa shape index (κ1) is 10.3. The predicted octanol–water partition coefficient (Wildman–Crippen LogP) is 0.937. The quantitative estimate of drug-likeness (QED) is 0.791. The number of nitrogens with zero attached hydrogens (tertiary/aromatic N) is 1. The van der Waals surface area contributed by atoms with Crippen LogP contribution in [-0.2, 0) is 10.2 Å². The van der Waals surface area contributed by atoms with E-state index in [9.17, 15) is 17.2 Å². The standard InChI is InChI=1S/C8H8F2N2O2S/c9-7-2-1-6(5-8(7)10)11-15(13,14)12-3-4-12/h1-2,5,11H,3-4H2. The number of benzene rings is 1. The Bertz CT molecular complexity index is 485. The largest absolute Gasteiger partial charge is 0.301 e. The van der Waals surface area contributed by atoms with Gasteiger partial charge < -0.3 is 0 Å². The maximum absolute atomic E-state index is 12.7. The molecule has 1 aromatic rings. The highest BCUT2D eigenvalue weighted by Gasteiger charge is 2.31. The van der Waals surface area contributed by atoms with E-state index in [1.807, 2.05) is 0 Å². The van der Waals surface area contributed by atoms with Gasteiger partial charge in [0.25, 0.3) is 0 Å². The molecule has 0 saturated carbocycles. The smallest absolute Gasteiger partial charge is 0.271 e. The first-order valence-corrected chi connectivity index (χ1v) is 5.66. The number of hydrogen-bond acceptors (Lipinski definition) is 2. The molecular weight excluding hydrogens is 226 g/mol. The summed E-state index contributed by atoms with van der Waals surface area (Å²) < 4.78 is 51.3. The summed E-state index contributed by atoms with van der Waals surface area (Å²) in [6, 6.07) is 2.84. The fraction of sp³-hybridized carbons (Fsp3) is 0.250. The molecule has 1 aromatic carbocycles. The fourth-order valence-electron chi connectivity index (χ4n) is 1.05. The lowest BCUT2D eigenvalue weighted by molar-refractivity contribution is 0.509. The minimum Gasteiger partial charge on any atom is -0.271 e. The van der Waals surface area contributed by atoms with Crippen LogP contribution in [0.5, 0.6) is 0 Å². The van der Waals surface area contributed by atoms with E-state index in [2.05, 4.69) is 4.72 Å². The lowest BCUT2D eigenvalue weighted by Gasteiger charge is -2.07. The van der Waals surface area contributed by atoms with Crippen LogP contribution in [0.15, 0.2) is 18.2 Å². The van der Waals surface area contributed by atoms with E-state index in [4.69, 9.17) is 0 Å². The molecule has 1 heterocycles. The Balaban J connectivity index is 2.21. The summed E-state index contributed by atoms with van der Waals surface area (Å²) in [5.74, 6) is -2.09. The average molecular weight is 234 g/mol. The van der Waals surface area contributed by atoms with Gasteiger partial charge in [-0.15, -0.1) is 0 Å². The molecule has 0 aromatic heterocycles. The minimum atomic E-state index is -3.58. The van der Waals surface area contributed by atoms with Crippen LogP contribution in [0.25, 0.3) is 0 Å². The highest BCUT2D eigenvalue weighted by molar-refractivity contribution is 7.90. The Kier molecular flexibility index (Phi) is 2.35. The van der Waals surface area contributed by atoms with Gasteiger partial charge in [-0.05, 0) is 12.1 Å². The van der Waals surface area contributed by atoms with Crippen molar-refractivity contribution < 1.29 is 17.2 Å². The second kappa shape index (κ2) is 3.42. The topological polar surface area (TPSA) is 49.2 Å². The molecule has 2 rings (SSSR count). The van der Waals surface area contributed by atoms with Crippen LogP contribution in [0.1, 0.15) is 0 Å². The first-order valence-electron chi connectivity index (χ1n) is 4.22. The van der Waals surface area contributed by atoms with Gasteiger partial charge in [0.1, 0.15) is 0 Å². The van der Waals surface area contributed by atoms with Gasteiger partial charge in [0.2, 0.25) is 0 Å². The molecule has 4 nitrogen and oxygen atoms in total. The first-order chi connectivity index (χ1) is 6.99. The van der Waals surface area contributed by atoms with Crippen molar-refractivity contribution in [2.45, 2.75) is 0 Å². The Labute approximate surface area is 85.7 Å². The number of halogens is 2. The summed E-state index contributed by atoms with van der Waals surface area (Å²) >= 11 is 0. The van der Waals surface area contributed by atoms with Crippen LogP contribution in [0, 0.1) is 11.6 Å². The van der Waals surface area contributed by atoms with Crippen LogP contribution in [0.4, 0.5) is 14.5 Å². The van der Waals surface area contributed by atoms with Gasteiger partial charge >= 0.3 is 10.2 Å². The van der Waals surface area contributed by atoms with E-state index in [0.29, 0.717) is 13.1 Å². The molecule has 0 spiro atoms.